The van der Waals surface area contributed by atoms with E-state index in [-0.39, 0.29) is 17.6 Å². The van der Waals surface area contributed by atoms with Crippen molar-refractivity contribution in [3.05, 3.63) is 48.4 Å². The first-order valence-electron chi connectivity index (χ1n) is 9.69. The lowest BCUT2D eigenvalue weighted by molar-refractivity contribution is -0.121. The van der Waals surface area contributed by atoms with Crippen LogP contribution in [0.15, 0.2) is 47.8 Å². The van der Waals surface area contributed by atoms with Crippen molar-refractivity contribution in [3.63, 3.8) is 0 Å². The van der Waals surface area contributed by atoms with Gasteiger partial charge in [-0.2, -0.15) is 0 Å². The van der Waals surface area contributed by atoms with Gasteiger partial charge in [0.15, 0.2) is 10.9 Å². The molecule has 1 fully saturated rings. The highest BCUT2D eigenvalue weighted by molar-refractivity contribution is 7.98. The molecule has 1 atom stereocenters. The van der Waals surface area contributed by atoms with Gasteiger partial charge in [-0.05, 0) is 55.5 Å². The monoisotopic (exact) mass is 410 g/mol. The normalized spacial score (nSPS) is 16.8. The molecule has 7 heteroatoms. The molecule has 3 aromatic rings. The number of ketones is 1. The summed E-state index contributed by atoms with van der Waals surface area (Å²) in [4.78, 5) is 21.4. The Kier molecular flexibility index (Phi) is 5.67. The number of anilines is 1. The van der Waals surface area contributed by atoms with Crippen molar-refractivity contribution < 1.29 is 9.18 Å². The predicted octanol–water partition coefficient (Wildman–Crippen LogP) is 4.93. The molecule has 150 valence electrons. The Morgan fingerprint density at radius 3 is 2.69 bits per heavy atom. The Morgan fingerprint density at radius 1 is 1.17 bits per heavy atom. The minimum atomic E-state index is -0.274. The molecule has 4 rings (SSSR count). The van der Waals surface area contributed by atoms with Crippen LogP contribution in [0.4, 0.5) is 10.2 Å². The van der Waals surface area contributed by atoms with E-state index in [1.807, 2.05) is 30.0 Å². The van der Waals surface area contributed by atoms with Gasteiger partial charge in [-0.15, -0.1) is 0 Å². The summed E-state index contributed by atoms with van der Waals surface area (Å²) in [7, 11) is 1.97. The number of Topliss-reactive ketones (excluding diaryl/α,β-unsaturated/α-hetero) is 1. The zero-order chi connectivity index (χ0) is 20.4. The van der Waals surface area contributed by atoms with Gasteiger partial charge in [0, 0.05) is 30.8 Å². The van der Waals surface area contributed by atoms with Gasteiger partial charge < -0.3 is 9.88 Å². The van der Waals surface area contributed by atoms with Crippen LogP contribution in [0.5, 0.6) is 0 Å². The van der Waals surface area contributed by atoms with E-state index in [0.29, 0.717) is 12.2 Å². The molecule has 0 bridgehead atoms. The highest BCUT2D eigenvalue weighted by atomic mass is 32.2. The van der Waals surface area contributed by atoms with Crippen molar-refractivity contribution in [3.8, 4) is 22.5 Å². The largest absolute Gasteiger partial charge is 0.360 e. The summed E-state index contributed by atoms with van der Waals surface area (Å²) in [5, 5.41) is 4.17. The number of carbonyl (C=O) groups is 1. The molecule has 1 aliphatic rings. The Bertz CT molecular complexity index is 1030. The standard InChI is InChI=1S/C22H23FN4OS/c1-27-21(20(26-22(27)29-2)14-7-9-16(23)10-8-14)15-11-12-24-19(13-15)25-17-5-3-4-6-18(17)28/h7-13,17H,3-6H2,1-2H3,(H,24,25). The topological polar surface area (TPSA) is 59.8 Å². The van der Waals surface area contributed by atoms with E-state index in [9.17, 15) is 9.18 Å². The van der Waals surface area contributed by atoms with Gasteiger partial charge >= 0.3 is 0 Å². The summed E-state index contributed by atoms with van der Waals surface area (Å²) in [5.41, 5.74) is 3.52. The maximum Gasteiger partial charge on any atom is 0.168 e. The number of nitrogens with one attached hydrogen (secondary N) is 1. The van der Waals surface area contributed by atoms with Gasteiger partial charge in [-0.25, -0.2) is 14.4 Å². The van der Waals surface area contributed by atoms with Crippen molar-refractivity contribution in [2.24, 2.45) is 7.05 Å². The molecule has 1 unspecified atom stereocenters. The van der Waals surface area contributed by atoms with E-state index in [0.717, 1.165) is 46.9 Å². The number of hydrogen-bond acceptors (Lipinski definition) is 5. The number of rotatable bonds is 5. The van der Waals surface area contributed by atoms with Gasteiger partial charge in [-0.1, -0.05) is 18.2 Å². The second kappa shape index (κ2) is 8.37. The number of aromatic nitrogens is 3. The first-order valence-corrected chi connectivity index (χ1v) is 10.9. The van der Waals surface area contributed by atoms with E-state index in [2.05, 4.69) is 10.3 Å². The minimum absolute atomic E-state index is 0.170. The third-order valence-corrected chi connectivity index (χ3v) is 5.99. The molecule has 29 heavy (non-hydrogen) atoms. The fraction of sp³-hybridized carbons (Fsp3) is 0.318. The molecule has 0 radical (unpaired) electrons. The van der Waals surface area contributed by atoms with E-state index in [1.165, 1.54) is 12.1 Å². The third-order valence-electron chi connectivity index (χ3n) is 5.26. The summed E-state index contributed by atoms with van der Waals surface area (Å²) < 4.78 is 15.4. The van der Waals surface area contributed by atoms with Gasteiger partial charge in [0.05, 0.1) is 17.4 Å². The first-order chi connectivity index (χ1) is 14.1. The highest BCUT2D eigenvalue weighted by Gasteiger charge is 2.23. The number of benzene rings is 1. The Balaban J connectivity index is 1.73. The van der Waals surface area contributed by atoms with E-state index in [4.69, 9.17) is 4.98 Å². The molecule has 0 saturated heterocycles. The number of halogens is 1. The smallest absolute Gasteiger partial charge is 0.168 e. The molecular formula is C22H23FN4OS. The predicted molar refractivity (Wildman–Crippen MR) is 114 cm³/mol. The quantitative estimate of drug-likeness (QED) is 0.604. The summed E-state index contributed by atoms with van der Waals surface area (Å²) in [6, 6.07) is 10.1. The van der Waals surface area contributed by atoms with E-state index >= 15 is 0 Å². The Morgan fingerprint density at radius 2 is 1.97 bits per heavy atom. The number of pyridine rings is 1. The molecular weight excluding hydrogens is 387 g/mol. The fourth-order valence-corrected chi connectivity index (χ4v) is 4.32. The van der Waals surface area contributed by atoms with Gasteiger partial charge in [0.25, 0.3) is 0 Å². The van der Waals surface area contributed by atoms with Crippen LogP contribution in [0.25, 0.3) is 22.5 Å². The molecule has 2 aromatic heterocycles. The maximum atomic E-state index is 13.4. The first kappa shape index (κ1) is 19.6. The minimum Gasteiger partial charge on any atom is -0.360 e. The Hall–Kier alpha value is -2.67. The van der Waals surface area contributed by atoms with Crippen molar-refractivity contribution in [2.45, 2.75) is 36.9 Å². The highest BCUT2D eigenvalue weighted by Crippen LogP contribution is 2.35. The Labute approximate surface area is 173 Å². The summed E-state index contributed by atoms with van der Waals surface area (Å²) in [5.74, 6) is 0.657. The van der Waals surface area contributed by atoms with Crippen molar-refractivity contribution in [2.75, 3.05) is 11.6 Å². The zero-order valence-corrected chi connectivity index (χ0v) is 17.3. The molecule has 2 heterocycles. The lowest BCUT2D eigenvalue weighted by atomic mass is 9.94. The lowest BCUT2D eigenvalue weighted by Crippen LogP contribution is -2.32. The zero-order valence-electron chi connectivity index (χ0n) is 16.5. The number of thioether (sulfide) groups is 1. The summed E-state index contributed by atoms with van der Waals surface area (Å²) in [6.45, 7) is 0. The molecule has 1 aliphatic carbocycles. The van der Waals surface area contributed by atoms with Gasteiger partial charge in [-0.3, -0.25) is 4.79 Å². The van der Waals surface area contributed by atoms with Crippen LogP contribution < -0.4 is 5.32 Å². The maximum absolute atomic E-state index is 13.4. The van der Waals surface area contributed by atoms with Crippen LogP contribution in [0.2, 0.25) is 0 Å². The number of hydrogen-bond donors (Lipinski definition) is 1. The molecule has 0 amide bonds. The van der Waals surface area contributed by atoms with Gasteiger partial charge in [0.1, 0.15) is 11.6 Å². The number of nitrogens with zero attached hydrogens (tertiary/aromatic N) is 3. The number of carbonyl (C=O) groups excluding carboxylic acids is 1. The summed E-state index contributed by atoms with van der Waals surface area (Å²) in [6.07, 6.45) is 7.22. The molecule has 1 saturated carbocycles. The number of imidazole rings is 1. The van der Waals surface area contributed by atoms with Crippen LogP contribution in [0.3, 0.4) is 0 Å². The average molecular weight is 411 g/mol. The molecule has 0 aliphatic heterocycles. The third kappa shape index (κ3) is 4.05. The van der Waals surface area contributed by atoms with Crippen LogP contribution >= 0.6 is 11.8 Å². The lowest BCUT2D eigenvalue weighted by Gasteiger charge is -2.22. The second-order valence-corrected chi connectivity index (χ2v) is 7.97. The molecule has 5 nitrogen and oxygen atoms in total. The van der Waals surface area contributed by atoms with Gasteiger partial charge in [0.2, 0.25) is 0 Å². The molecule has 1 aromatic carbocycles. The van der Waals surface area contributed by atoms with Crippen molar-refractivity contribution in [1.29, 1.82) is 0 Å². The van der Waals surface area contributed by atoms with E-state index in [1.54, 1.807) is 30.1 Å². The van der Waals surface area contributed by atoms with Crippen molar-refractivity contribution in [1.82, 2.24) is 14.5 Å². The van der Waals surface area contributed by atoms with Crippen LogP contribution in [0.1, 0.15) is 25.7 Å². The summed E-state index contributed by atoms with van der Waals surface area (Å²) >= 11 is 1.56. The SMILES string of the molecule is CSc1nc(-c2ccc(F)cc2)c(-c2ccnc(NC3CCCCC3=O)c2)n1C. The van der Waals surface area contributed by atoms with E-state index < -0.39 is 0 Å². The van der Waals surface area contributed by atoms with Crippen LogP contribution in [-0.2, 0) is 11.8 Å². The van der Waals surface area contributed by atoms with Crippen molar-refractivity contribution >= 4 is 23.4 Å². The van der Waals surface area contributed by atoms with Crippen LogP contribution in [-0.4, -0.2) is 32.6 Å². The second-order valence-electron chi connectivity index (χ2n) is 7.20. The fourth-order valence-electron chi connectivity index (χ4n) is 3.77. The molecule has 1 N–H and O–H groups in total. The molecule has 0 spiro atoms. The van der Waals surface area contributed by atoms with Crippen LogP contribution in [0, 0.1) is 5.82 Å². The average Bonchev–Trinajstić information content (AvgIpc) is 3.07.